The van der Waals surface area contributed by atoms with Crippen LogP contribution in [0.25, 0.3) is 0 Å². The summed E-state index contributed by atoms with van der Waals surface area (Å²) in [6.07, 6.45) is 4.29. The first-order valence-electron chi connectivity index (χ1n) is 4.89. The molecule has 2 rings (SSSR count). The molecule has 4 nitrogen and oxygen atoms in total. The molecule has 0 aliphatic heterocycles. The summed E-state index contributed by atoms with van der Waals surface area (Å²) in [7, 11) is 1.72. The number of aryl methyl sites for hydroxylation is 1. The zero-order valence-corrected chi connectivity index (χ0v) is 10.1. The molecule has 1 fully saturated rings. The Hall–Kier alpha value is -0.550. The number of nitrogens with zero attached hydrogens (tertiary/aromatic N) is 2. The molecule has 0 atom stereocenters. The van der Waals surface area contributed by atoms with Gasteiger partial charge in [0.25, 0.3) is 0 Å². The molecule has 15 heavy (non-hydrogen) atoms. The fourth-order valence-corrected chi connectivity index (χ4v) is 2.55. The molecule has 0 radical (unpaired) electrons. The molecule has 0 amide bonds. The topological polar surface area (TPSA) is 52.0 Å². The molecule has 84 valence electrons. The Kier molecular flexibility index (Phi) is 2.77. The van der Waals surface area contributed by atoms with Crippen molar-refractivity contribution in [3.8, 4) is 0 Å². The predicted molar refractivity (Wildman–Crippen MR) is 58.2 cm³/mol. The first-order chi connectivity index (χ1) is 6.94. The molecule has 1 heterocycles. The van der Waals surface area contributed by atoms with Crippen molar-refractivity contribution in [3.63, 3.8) is 0 Å². The summed E-state index contributed by atoms with van der Waals surface area (Å²) in [5.41, 5.74) is 1.45. The van der Waals surface area contributed by atoms with Crippen molar-refractivity contribution < 1.29 is 8.42 Å². The van der Waals surface area contributed by atoms with Gasteiger partial charge in [-0.05, 0) is 25.7 Å². The fraction of sp³-hybridized carbons (Fsp3) is 0.667. The third-order valence-corrected chi connectivity index (χ3v) is 3.50. The maximum absolute atomic E-state index is 10.9. The quantitative estimate of drug-likeness (QED) is 0.762. The van der Waals surface area contributed by atoms with Crippen molar-refractivity contribution in [2.24, 2.45) is 5.92 Å². The van der Waals surface area contributed by atoms with E-state index >= 15 is 0 Å². The normalized spacial score (nSPS) is 16.9. The summed E-state index contributed by atoms with van der Waals surface area (Å²) in [6, 6.07) is 0. The number of rotatable bonds is 4. The smallest absolute Gasteiger partial charge is 0.236 e. The summed E-state index contributed by atoms with van der Waals surface area (Å²) in [6.45, 7) is 2.70. The molecular weight excluding hydrogens is 236 g/mol. The van der Waals surface area contributed by atoms with E-state index in [4.69, 9.17) is 10.7 Å². The Morgan fingerprint density at radius 3 is 2.80 bits per heavy atom. The van der Waals surface area contributed by atoms with E-state index in [1.807, 2.05) is 4.68 Å². The van der Waals surface area contributed by atoms with Gasteiger partial charge >= 0.3 is 0 Å². The van der Waals surface area contributed by atoms with Crippen LogP contribution < -0.4 is 0 Å². The standard InChI is InChI=1S/C9H13ClN2O2S/c1-7-9(6-15(10,13)14)5-12(11-7)4-8-2-3-8/h5,8H,2-4,6H2,1H3. The highest BCUT2D eigenvalue weighted by Crippen LogP contribution is 2.30. The van der Waals surface area contributed by atoms with Gasteiger partial charge in [-0.2, -0.15) is 5.10 Å². The number of halogens is 1. The van der Waals surface area contributed by atoms with Crippen molar-refractivity contribution in [1.82, 2.24) is 9.78 Å². The van der Waals surface area contributed by atoms with Crippen LogP contribution in [-0.4, -0.2) is 18.2 Å². The van der Waals surface area contributed by atoms with Gasteiger partial charge in [-0.3, -0.25) is 4.68 Å². The van der Waals surface area contributed by atoms with Crippen LogP contribution in [0.1, 0.15) is 24.1 Å². The predicted octanol–water partition coefficient (Wildman–Crippen LogP) is 1.67. The molecule has 0 spiro atoms. The summed E-state index contributed by atoms with van der Waals surface area (Å²) in [5.74, 6) is 0.593. The van der Waals surface area contributed by atoms with Crippen LogP contribution in [0, 0.1) is 12.8 Å². The van der Waals surface area contributed by atoms with Gasteiger partial charge in [0.1, 0.15) is 0 Å². The van der Waals surface area contributed by atoms with E-state index in [0.717, 1.165) is 18.2 Å². The fourth-order valence-electron chi connectivity index (χ4n) is 1.55. The summed E-state index contributed by atoms with van der Waals surface area (Å²) < 4.78 is 23.7. The lowest BCUT2D eigenvalue weighted by atomic mass is 10.3. The third kappa shape index (κ3) is 3.21. The Labute approximate surface area is 93.7 Å². The Balaban J connectivity index is 2.13. The van der Waals surface area contributed by atoms with Crippen LogP contribution in [0.3, 0.4) is 0 Å². The van der Waals surface area contributed by atoms with E-state index in [2.05, 4.69) is 5.10 Å². The molecule has 1 aliphatic rings. The largest absolute Gasteiger partial charge is 0.272 e. The maximum Gasteiger partial charge on any atom is 0.236 e. The Morgan fingerprint density at radius 2 is 2.27 bits per heavy atom. The van der Waals surface area contributed by atoms with Gasteiger partial charge in [0, 0.05) is 29.0 Å². The van der Waals surface area contributed by atoms with Gasteiger partial charge in [0.2, 0.25) is 9.05 Å². The van der Waals surface area contributed by atoms with Crippen LogP contribution >= 0.6 is 10.7 Å². The number of hydrogen-bond acceptors (Lipinski definition) is 3. The second-order valence-electron chi connectivity index (χ2n) is 4.09. The lowest BCUT2D eigenvalue weighted by molar-refractivity contribution is 0.559. The first-order valence-corrected chi connectivity index (χ1v) is 7.37. The van der Waals surface area contributed by atoms with E-state index in [-0.39, 0.29) is 5.75 Å². The third-order valence-electron chi connectivity index (χ3n) is 2.52. The molecule has 1 aliphatic carbocycles. The van der Waals surface area contributed by atoms with E-state index < -0.39 is 9.05 Å². The van der Waals surface area contributed by atoms with Crippen molar-refractivity contribution in [2.45, 2.75) is 32.1 Å². The lowest BCUT2D eigenvalue weighted by Crippen LogP contribution is -1.99. The Morgan fingerprint density at radius 1 is 1.60 bits per heavy atom. The number of hydrogen-bond donors (Lipinski definition) is 0. The average molecular weight is 249 g/mol. The van der Waals surface area contributed by atoms with Gasteiger partial charge in [0.15, 0.2) is 0 Å². The molecule has 0 bridgehead atoms. The molecule has 1 aromatic rings. The van der Waals surface area contributed by atoms with E-state index in [9.17, 15) is 8.42 Å². The summed E-state index contributed by atoms with van der Waals surface area (Å²) in [5, 5.41) is 4.27. The maximum atomic E-state index is 10.9. The van der Waals surface area contributed by atoms with Crippen LogP contribution in [0.5, 0.6) is 0 Å². The molecule has 0 unspecified atom stereocenters. The first kappa shape index (κ1) is 11.0. The molecule has 6 heteroatoms. The van der Waals surface area contributed by atoms with E-state index in [0.29, 0.717) is 5.56 Å². The second kappa shape index (κ2) is 3.79. The highest BCUT2D eigenvalue weighted by atomic mass is 35.7. The van der Waals surface area contributed by atoms with Gasteiger partial charge in [-0.15, -0.1) is 0 Å². The minimum Gasteiger partial charge on any atom is -0.272 e. The van der Waals surface area contributed by atoms with Gasteiger partial charge in [-0.25, -0.2) is 8.42 Å². The highest BCUT2D eigenvalue weighted by molar-refractivity contribution is 8.13. The molecule has 1 aromatic heterocycles. The number of aromatic nitrogens is 2. The minimum atomic E-state index is -3.48. The highest BCUT2D eigenvalue weighted by Gasteiger charge is 2.22. The molecule has 0 N–H and O–H groups in total. The van der Waals surface area contributed by atoms with Crippen molar-refractivity contribution in [2.75, 3.05) is 0 Å². The molecule has 0 aromatic carbocycles. The van der Waals surface area contributed by atoms with Crippen molar-refractivity contribution >= 4 is 19.7 Å². The lowest BCUT2D eigenvalue weighted by Gasteiger charge is -1.96. The molecular formula is C9H13ClN2O2S. The SMILES string of the molecule is Cc1nn(CC2CC2)cc1CS(=O)(=O)Cl. The molecule has 1 saturated carbocycles. The van der Waals surface area contributed by atoms with E-state index in [1.54, 1.807) is 13.1 Å². The average Bonchev–Trinajstić information content (AvgIpc) is 2.78. The Bertz CT molecular complexity index is 462. The minimum absolute atomic E-state index is 0.134. The zero-order valence-electron chi connectivity index (χ0n) is 8.48. The zero-order chi connectivity index (χ0) is 11.1. The van der Waals surface area contributed by atoms with Crippen LogP contribution in [0.15, 0.2) is 6.20 Å². The molecule has 0 saturated heterocycles. The monoisotopic (exact) mass is 248 g/mol. The van der Waals surface area contributed by atoms with Crippen LogP contribution in [-0.2, 0) is 21.3 Å². The second-order valence-corrected chi connectivity index (χ2v) is 6.87. The van der Waals surface area contributed by atoms with Gasteiger partial charge < -0.3 is 0 Å². The van der Waals surface area contributed by atoms with Crippen LogP contribution in [0.2, 0.25) is 0 Å². The summed E-state index contributed by atoms with van der Waals surface area (Å²) >= 11 is 0. The van der Waals surface area contributed by atoms with E-state index in [1.165, 1.54) is 12.8 Å². The van der Waals surface area contributed by atoms with Crippen LogP contribution in [0.4, 0.5) is 0 Å². The summed E-state index contributed by atoms with van der Waals surface area (Å²) in [4.78, 5) is 0. The van der Waals surface area contributed by atoms with Crippen molar-refractivity contribution in [1.29, 1.82) is 0 Å². The van der Waals surface area contributed by atoms with Crippen molar-refractivity contribution in [3.05, 3.63) is 17.5 Å². The van der Waals surface area contributed by atoms with Gasteiger partial charge in [-0.1, -0.05) is 0 Å². The van der Waals surface area contributed by atoms with Gasteiger partial charge in [0.05, 0.1) is 11.4 Å².